The second-order valence-electron chi connectivity index (χ2n) is 2.96. The van der Waals surface area contributed by atoms with Crippen LogP contribution in [0.4, 0.5) is 4.39 Å². The molecule has 0 atom stereocenters. The van der Waals surface area contributed by atoms with E-state index in [4.69, 9.17) is 0 Å². The normalized spacial score (nSPS) is 10.3. The molecule has 4 heteroatoms. The van der Waals surface area contributed by atoms with Crippen molar-refractivity contribution in [1.82, 2.24) is 9.97 Å². The third kappa shape index (κ3) is 2.50. The van der Waals surface area contributed by atoms with E-state index in [1.165, 1.54) is 0 Å². The SMILES string of the molecule is F[CH]c1cccc(-c2ncc(I)cn2)c1. The molecule has 75 valence electrons. The number of hydrogen-bond donors (Lipinski definition) is 0. The van der Waals surface area contributed by atoms with E-state index >= 15 is 0 Å². The molecule has 0 spiro atoms. The highest BCUT2D eigenvalue weighted by atomic mass is 127. The van der Waals surface area contributed by atoms with Crippen molar-refractivity contribution in [3.05, 3.63) is 52.5 Å². The van der Waals surface area contributed by atoms with Crippen LogP contribution in [0.25, 0.3) is 11.4 Å². The summed E-state index contributed by atoms with van der Waals surface area (Å²) in [4.78, 5) is 8.34. The van der Waals surface area contributed by atoms with Gasteiger partial charge in [-0.15, -0.1) is 0 Å². The quantitative estimate of drug-likeness (QED) is 0.796. The topological polar surface area (TPSA) is 25.8 Å². The lowest BCUT2D eigenvalue weighted by Crippen LogP contribution is -1.89. The van der Waals surface area contributed by atoms with Gasteiger partial charge in [0.2, 0.25) is 0 Å². The van der Waals surface area contributed by atoms with Gasteiger partial charge < -0.3 is 0 Å². The standard InChI is InChI=1S/C11H7FIN2/c12-5-8-2-1-3-9(4-8)11-14-6-10(13)7-15-11/h1-7H. The van der Waals surface area contributed by atoms with Gasteiger partial charge in [-0.05, 0) is 34.2 Å². The lowest BCUT2D eigenvalue weighted by Gasteiger charge is -2.01. The Balaban J connectivity index is 2.40. The van der Waals surface area contributed by atoms with Crippen LogP contribution in [-0.2, 0) is 0 Å². The highest BCUT2D eigenvalue weighted by Gasteiger charge is 2.01. The highest BCUT2D eigenvalue weighted by Crippen LogP contribution is 2.17. The first kappa shape index (κ1) is 10.5. The zero-order valence-corrected chi connectivity index (χ0v) is 9.85. The fraction of sp³-hybridized carbons (Fsp3) is 0. The molecule has 2 nitrogen and oxygen atoms in total. The molecular formula is C11H7FIN2. The van der Waals surface area contributed by atoms with E-state index < -0.39 is 0 Å². The Hall–Kier alpha value is -1.04. The molecule has 0 aliphatic rings. The molecule has 1 radical (unpaired) electrons. The molecule has 0 amide bonds. The Kier molecular flexibility index (Phi) is 3.25. The van der Waals surface area contributed by atoms with Gasteiger partial charge in [0.05, 0.1) is 0 Å². The van der Waals surface area contributed by atoms with E-state index in [9.17, 15) is 4.39 Å². The van der Waals surface area contributed by atoms with Crippen molar-refractivity contribution in [2.24, 2.45) is 0 Å². The number of hydrogen-bond acceptors (Lipinski definition) is 2. The van der Waals surface area contributed by atoms with E-state index in [1.54, 1.807) is 30.6 Å². The molecule has 0 saturated carbocycles. The van der Waals surface area contributed by atoms with Crippen molar-refractivity contribution in [3.63, 3.8) is 0 Å². The number of halogens is 2. The van der Waals surface area contributed by atoms with Gasteiger partial charge in [-0.3, -0.25) is 0 Å². The molecule has 15 heavy (non-hydrogen) atoms. The van der Waals surface area contributed by atoms with Gasteiger partial charge >= 0.3 is 0 Å². The van der Waals surface area contributed by atoms with Crippen molar-refractivity contribution in [3.8, 4) is 11.4 Å². The number of nitrogens with zero attached hydrogens (tertiary/aromatic N) is 2. The van der Waals surface area contributed by atoms with E-state index in [0.29, 0.717) is 18.1 Å². The van der Waals surface area contributed by atoms with Crippen molar-refractivity contribution < 1.29 is 4.39 Å². The molecule has 1 aromatic carbocycles. The zero-order valence-electron chi connectivity index (χ0n) is 7.69. The third-order valence-corrected chi connectivity index (χ3v) is 2.45. The second-order valence-corrected chi connectivity index (χ2v) is 4.21. The molecule has 0 unspecified atom stereocenters. The highest BCUT2D eigenvalue weighted by molar-refractivity contribution is 14.1. The maximum absolute atomic E-state index is 12.3. The first-order valence-electron chi connectivity index (χ1n) is 4.31. The molecule has 0 aliphatic heterocycles. The Labute approximate surface area is 101 Å². The van der Waals surface area contributed by atoms with Crippen molar-refractivity contribution in [2.45, 2.75) is 0 Å². The number of rotatable bonds is 2. The zero-order chi connectivity index (χ0) is 10.7. The molecular weight excluding hydrogens is 306 g/mol. The molecule has 1 heterocycles. The predicted molar refractivity (Wildman–Crippen MR) is 64.7 cm³/mol. The van der Waals surface area contributed by atoms with E-state index in [-0.39, 0.29) is 0 Å². The van der Waals surface area contributed by atoms with Gasteiger partial charge in [0.25, 0.3) is 0 Å². The van der Waals surface area contributed by atoms with Gasteiger partial charge in [-0.25, -0.2) is 14.4 Å². The van der Waals surface area contributed by atoms with Crippen LogP contribution in [0.15, 0.2) is 36.7 Å². The van der Waals surface area contributed by atoms with Crippen LogP contribution < -0.4 is 0 Å². The summed E-state index contributed by atoms with van der Waals surface area (Å²) in [6.07, 6.45) is 3.46. The van der Waals surface area contributed by atoms with Crippen LogP contribution in [0.3, 0.4) is 0 Å². The first-order chi connectivity index (χ1) is 7.29. The Bertz CT molecular complexity index is 456. The molecule has 2 aromatic rings. The van der Waals surface area contributed by atoms with Crippen molar-refractivity contribution in [1.29, 1.82) is 0 Å². The monoisotopic (exact) mass is 313 g/mol. The van der Waals surface area contributed by atoms with E-state index in [0.717, 1.165) is 9.13 Å². The Morgan fingerprint density at radius 2 is 1.93 bits per heavy atom. The third-order valence-electron chi connectivity index (χ3n) is 1.89. The second kappa shape index (κ2) is 4.65. The summed E-state index contributed by atoms with van der Waals surface area (Å²) in [5.74, 6) is 0.610. The summed E-state index contributed by atoms with van der Waals surface area (Å²) in [6, 6.07) is 7.04. The van der Waals surface area contributed by atoms with Gasteiger partial charge in [0.1, 0.15) is 0 Å². The van der Waals surface area contributed by atoms with E-state index in [1.807, 2.05) is 6.07 Å². The van der Waals surface area contributed by atoms with Crippen molar-refractivity contribution >= 4 is 22.6 Å². The lowest BCUT2D eigenvalue weighted by atomic mass is 10.1. The average Bonchev–Trinajstić information content (AvgIpc) is 2.30. The molecule has 0 saturated heterocycles. The average molecular weight is 313 g/mol. The molecule has 0 N–H and O–H groups in total. The maximum Gasteiger partial charge on any atom is 0.160 e. The molecule has 0 fully saturated rings. The summed E-state index contributed by atoms with van der Waals surface area (Å²) >= 11 is 2.14. The lowest BCUT2D eigenvalue weighted by molar-refractivity contribution is 0.646. The van der Waals surface area contributed by atoms with Gasteiger partial charge in [0, 0.05) is 21.5 Å². The Morgan fingerprint density at radius 3 is 2.60 bits per heavy atom. The van der Waals surface area contributed by atoms with Crippen LogP contribution in [0.2, 0.25) is 0 Å². The summed E-state index contributed by atoms with van der Waals surface area (Å²) in [5.41, 5.74) is 1.34. The fourth-order valence-electron chi connectivity index (χ4n) is 1.21. The fourth-order valence-corrected chi connectivity index (χ4v) is 1.49. The summed E-state index contributed by atoms with van der Waals surface area (Å²) in [5, 5.41) is 0. The van der Waals surface area contributed by atoms with Crippen LogP contribution in [0.5, 0.6) is 0 Å². The van der Waals surface area contributed by atoms with Crippen LogP contribution in [0, 0.1) is 10.2 Å². The minimum Gasteiger partial charge on any atom is -0.239 e. The van der Waals surface area contributed by atoms with Crippen LogP contribution in [-0.4, -0.2) is 9.97 Å². The number of benzene rings is 1. The summed E-state index contributed by atoms with van der Waals surface area (Å²) in [7, 11) is 0. The molecule has 0 bridgehead atoms. The summed E-state index contributed by atoms with van der Waals surface area (Å²) < 4.78 is 13.3. The summed E-state index contributed by atoms with van der Waals surface area (Å²) in [6.45, 7) is 0.566. The van der Waals surface area contributed by atoms with E-state index in [2.05, 4.69) is 32.6 Å². The smallest absolute Gasteiger partial charge is 0.160 e. The minimum absolute atomic E-state index is 0.523. The minimum atomic E-state index is 0.523. The number of aromatic nitrogens is 2. The van der Waals surface area contributed by atoms with Crippen LogP contribution in [0.1, 0.15) is 5.56 Å². The van der Waals surface area contributed by atoms with Gasteiger partial charge in [-0.2, -0.15) is 0 Å². The largest absolute Gasteiger partial charge is 0.239 e. The predicted octanol–water partition coefficient (Wildman–Crippen LogP) is 3.23. The molecule has 0 aliphatic carbocycles. The van der Waals surface area contributed by atoms with Crippen LogP contribution >= 0.6 is 22.6 Å². The van der Waals surface area contributed by atoms with Gasteiger partial charge in [0.15, 0.2) is 12.5 Å². The first-order valence-corrected chi connectivity index (χ1v) is 5.39. The molecule has 1 aromatic heterocycles. The molecule has 2 rings (SSSR count). The Morgan fingerprint density at radius 1 is 1.20 bits per heavy atom. The van der Waals surface area contributed by atoms with Gasteiger partial charge in [-0.1, -0.05) is 18.2 Å². The van der Waals surface area contributed by atoms with Crippen molar-refractivity contribution in [2.75, 3.05) is 0 Å². The maximum atomic E-state index is 12.3.